The zero-order valence-corrected chi connectivity index (χ0v) is 6.92. The van der Waals surface area contributed by atoms with Crippen LogP contribution in [0.1, 0.15) is 0 Å². The third kappa shape index (κ3) is 2.48. The van der Waals surface area contributed by atoms with Gasteiger partial charge in [0, 0.05) is 5.69 Å². The van der Waals surface area contributed by atoms with Crippen LogP contribution in [0.2, 0.25) is 0 Å². The van der Waals surface area contributed by atoms with Crippen molar-refractivity contribution >= 4 is 15.9 Å². The number of benzene rings is 1. The Labute approximate surface area is 71.1 Å². The fourth-order valence-electron chi connectivity index (χ4n) is 0.690. The highest BCUT2D eigenvalue weighted by Crippen LogP contribution is 3.02. The monoisotopic (exact) mass is 218 g/mol. The van der Waals surface area contributed by atoms with Gasteiger partial charge in [0.15, 0.2) is 0 Å². The van der Waals surface area contributed by atoms with E-state index in [1.165, 1.54) is 0 Å². The molecule has 7 heteroatoms. The summed E-state index contributed by atoms with van der Waals surface area (Å²) in [6, 6.07) is 3.24. The second-order valence-corrected chi connectivity index (χ2v) is 4.88. The normalized spacial score (nSPS) is 17.6. The van der Waals surface area contributed by atoms with Crippen LogP contribution < -0.4 is 5.73 Å². The van der Waals surface area contributed by atoms with Crippen molar-refractivity contribution in [1.29, 1.82) is 0 Å². The van der Waals surface area contributed by atoms with Gasteiger partial charge in [-0.3, -0.25) is 0 Å². The second-order valence-electron chi connectivity index (χ2n) is 2.47. The summed E-state index contributed by atoms with van der Waals surface area (Å²) in [5.74, 6) is 0. The van der Waals surface area contributed by atoms with Gasteiger partial charge in [0.25, 0.3) is 0 Å². The first-order valence-corrected chi connectivity index (χ1v) is 4.95. The van der Waals surface area contributed by atoms with Crippen LogP contribution in [0, 0.1) is 6.07 Å². The van der Waals surface area contributed by atoms with E-state index in [2.05, 4.69) is 0 Å². The highest BCUT2D eigenvalue weighted by Gasteiger charge is 2.65. The largest absolute Gasteiger partial charge is 0.399 e. The average Bonchev–Trinajstić information content (AvgIpc) is 1.82. The minimum absolute atomic E-state index is 0.178. The van der Waals surface area contributed by atoms with E-state index >= 15 is 0 Å². The molecule has 2 N–H and O–H groups in total. The number of anilines is 1. The number of hydrogen-bond acceptors (Lipinski definition) is 1. The predicted octanol–water partition coefficient (Wildman–Crippen LogP) is 3.73. The summed E-state index contributed by atoms with van der Waals surface area (Å²) in [5, 5.41) is 0. The molecule has 0 atom stereocenters. The molecule has 0 amide bonds. The van der Waals surface area contributed by atoms with Gasteiger partial charge in [-0.2, -0.15) is 0 Å². The van der Waals surface area contributed by atoms with Crippen LogP contribution in [0.3, 0.4) is 0 Å². The molecule has 0 aliphatic rings. The highest BCUT2D eigenvalue weighted by molar-refractivity contribution is 8.45. The molecule has 0 aliphatic heterocycles. The fourth-order valence-corrected chi connectivity index (χ4v) is 1.34. The van der Waals surface area contributed by atoms with Crippen molar-refractivity contribution < 1.29 is 19.4 Å². The van der Waals surface area contributed by atoms with E-state index in [4.69, 9.17) is 5.73 Å². The smallest absolute Gasteiger partial charge is 0.310 e. The van der Waals surface area contributed by atoms with Crippen LogP contribution in [0.25, 0.3) is 0 Å². The van der Waals surface area contributed by atoms with Crippen molar-refractivity contribution in [3.8, 4) is 0 Å². The van der Waals surface area contributed by atoms with Crippen LogP contribution in [0.5, 0.6) is 0 Å². The Bertz CT molecular complexity index is 342. The molecule has 0 heterocycles. The van der Waals surface area contributed by atoms with Gasteiger partial charge in [0.2, 0.25) is 0 Å². The van der Waals surface area contributed by atoms with Crippen molar-refractivity contribution in [3.05, 3.63) is 24.3 Å². The average molecular weight is 218 g/mol. The van der Waals surface area contributed by atoms with E-state index < -0.39 is 20.8 Å². The minimum atomic E-state index is -9.57. The lowest BCUT2D eigenvalue weighted by atomic mass is 10.3. The molecule has 1 nitrogen and oxygen atoms in total. The maximum absolute atomic E-state index is 12.1. The van der Waals surface area contributed by atoms with E-state index in [-0.39, 0.29) is 12.1 Å². The number of halogens is 5. The molecule has 0 unspecified atom stereocenters. The summed E-state index contributed by atoms with van der Waals surface area (Å²) < 4.78 is 60.3. The van der Waals surface area contributed by atoms with Crippen molar-refractivity contribution in [2.75, 3.05) is 5.73 Å². The van der Waals surface area contributed by atoms with Gasteiger partial charge in [0.05, 0.1) is 0 Å². The zero-order valence-electron chi connectivity index (χ0n) is 6.11. The van der Waals surface area contributed by atoms with Crippen LogP contribution in [-0.2, 0) is 0 Å². The fraction of sp³-hybridized carbons (Fsp3) is 0. The molecular formula is C6H5F5NS. The van der Waals surface area contributed by atoms with Crippen molar-refractivity contribution in [2.24, 2.45) is 0 Å². The van der Waals surface area contributed by atoms with Crippen LogP contribution >= 0.6 is 10.2 Å². The molecule has 0 fully saturated rings. The van der Waals surface area contributed by atoms with E-state index in [0.29, 0.717) is 0 Å². The maximum Gasteiger partial charge on any atom is 0.310 e. The Balaban J connectivity index is 3.41. The van der Waals surface area contributed by atoms with E-state index in [9.17, 15) is 19.4 Å². The zero-order chi connectivity index (χ0) is 10.4. The van der Waals surface area contributed by atoms with Gasteiger partial charge < -0.3 is 5.73 Å². The quantitative estimate of drug-likeness (QED) is 0.564. The van der Waals surface area contributed by atoms with Crippen LogP contribution in [0.15, 0.2) is 23.1 Å². The topological polar surface area (TPSA) is 26.0 Å². The van der Waals surface area contributed by atoms with Gasteiger partial charge in [-0.05, 0) is 24.3 Å². The Morgan fingerprint density at radius 1 is 1.08 bits per heavy atom. The molecule has 1 aromatic rings. The van der Waals surface area contributed by atoms with Crippen molar-refractivity contribution in [2.45, 2.75) is 4.90 Å². The number of hydrogen-bond donors (Lipinski definition) is 1. The van der Waals surface area contributed by atoms with E-state index in [0.717, 1.165) is 6.07 Å². The SMILES string of the molecule is Nc1c[c]cc(S(F)(F)(F)(F)F)c1. The lowest BCUT2D eigenvalue weighted by Gasteiger charge is -2.40. The second kappa shape index (κ2) is 1.92. The molecule has 1 aromatic carbocycles. The summed E-state index contributed by atoms with van der Waals surface area (Å²) >= 11 is 0. The first kappa shape index (κ1) is 10.1. The molecular weight excluding hydrogens is 213 g/mol. The maximum atomic E-state index is 12.1. The van der Waals surface area contributed by atoms with Gasteiger partial charge in [0.1, 0.15) is 4.90 Å². The van der Waals surface area contributed by atoms with Gasteiger partial charge in [-0.25, -0.2) is 0 Å². The van der Waals surface area contributed by atoms with Crippen LogP contribution in [0.4, 0.5) is 25.1 Å². The van der Waals surface area contributed by atoms with Gasteiger partial charge in [-0.1, -0.05) is 19.4 Å². The van der Waals surface area contributed by atoms with Crippen LogP contribution in [-0.4, -0.2) is 0 Å². The van der Waals surface area contributed by atoms with Gasteiger partial charge in [-0.15, -0.1) is 0 Å². The summed E-state index contributed by atoms with van der Waals surface area (Å²) in [6.45, 7) is 0. The van der Waals surface area contributed by atoms with Crippen molar-refractivity contribution in [1.82, 2.24) is 0 Å². The first-order chi connectivity index (χ1) is 5.49. The summed E-state index contributed by atoms with van der Waals surface area (Å²) in [5.41, 5.74) is 4.53. The predicted molar refractivity (Wildman–Crippen MR) is 41.1 cm³/mol. The lowest BCUT2D eigenvalue weighted by molar-refractivity contribution is 0.364. The molecule has 75 valence electrons. The summed E-state index contributed by atoms with van der Waals surface area (Å²) in [7, 11) is -9.57. The van der Waals surface area contributed by atoms with E-state index in [1.807, 2.05) is 6.07 Å². The molecule has 0 aliphatic carbocycles. The number of nitrogen functional groups attached to an aromatic ring is 1. The molecule has 0 saturated heterocycles. The summed E-state index contributed by atoms with van der Waals surface area (Å²) in [4.78, 5) is -2.01. The number of nitrogens with two attached hydrogens (primary N) is 1. The highest BCUT2D eigenvalue weighted by atomic mass is 32.5. The molecule has 13 heavy (non-hydrogen) atoms. The Hall–Kier alpha value is -0.980. The van der Waals surface area contributed by atoms with Crippen molar-refractivity contribution in [3.63, 3.8) is 0 Å². The Kier molecular flexibility index (Phi) is 1.49. The molecule has 1 radical (unpaired) electrons. The lowest BCUT2D eigenvalue weighted by Crippen LogP contribution is -2.06. The van der Waals surface area contributed by atoms with Gasteiger partial charge >= 0.3 is 10.2 Å². The molecule has 0 saturated carbocycles. The standard InChI is InChI=1S/C6H5F5NS/c7-13(8,9,10,11)6-3-1-2-5(12)4-6/h2-4H,12H2. The summed E-state index contributed by atoms with van der Waals surface area (Å²) in [6.07, 6.45) is 0. The molecule has 1 rings (SSSR count). The Morgan fingerprint density at radius 2 is 1.62 bits per heavy atom. The molecule has 0 bridgehead atoms. The Morgan fingerprint density at radius 3 is 1.92 bits per heavy atom. The minimum Gasteiger partial charge on any atom is -0.399 e. The molecule has 0 aromatic heterocycles. The first-order valence-electron chi connectivity index (χ1n) is 3.00. The third-order valence-corrected chi connectivity index (χ3v) is 2.36. The third-order valence-electron chi connectivity index (χ3n) is 1.23. The van der Waals surface area contributed by atoms with E-state index in [1.54, 1.807) is 0 Å². The number of rotatable bonds is 1. The molecule has 0 spiro atoms.